The Morgan fingerprint density at radius 1 is 1.11 bits per heavy atom. The van der Waals surface area contributed by atoms with Gasteiger partial charge in [-0.05, 0) is 19.1 Å². The molecule has 0 bridgehead atoms. The Morgan fingerprint density at radius 2 is 1.67 bits per heavy atom. The van der Waals surface area contributed by atoms with E-state index in [9.17, 15) is 8.42 Å². The smallest absolute Gasteiger partial charge is 0.243 e. The van der Waals surface area contributed by atoms with Gasteiger partial charge in [-0.1, -0.05) is 17.7 Å². The van der Waals surface area contributed by atoms with Crippen LogP contribution >= 0.6 is 0 Å². The number of fused-ring (bicyclic) bond motifs is 1. The van der Waals surface area contributed by atoms with Crippen LogP contribution in [0.5, 0.6) is 0 Å². The van der Waals surface area contributed by atoms with Crippen molar-refractivity contribution in [3.63, 3.8) is 0 Å². The van der Waals surface area contributed by atoms with E-state index in [1.807, 2.05) is 6.92 Å². The van der Waals surface area contributed by atoms with Crippen LogP contribution in [0, 0.1) is 6.92 Å². The van der Waals surface area contributed by atoms with E-state index in [-0.39, 0.29) is 18.9 Å². The molecule has 98 valence electrons. The van der Waals surface area contributed by atoms with Crippen LogP contribution in [0.15, 0.2) is 29.2 Å². The number of benzene rings is 1. The third-order valence-electron chi connectivity index (χ3n) is 3.35. The van der Waals surface area contributed by atoms with E-state index in [1.165, 1.54) is 4.31 Å². The Hall–Kier alpha value is -0.950. The zero-order valence-electron chi connectivity index (χ0n) is 10.1. The van der Waals surface area contributed by atoms with Gasteiger partial charge >= 0.3 is 0 Å². The summed E-state index contributed by atoms with van der Waals surface area (Å²) in [6.07, 6.45) is 0. The quantitative estimate of drug-likeness (QED) is 0.743. The Balaban J connectivity index is 1.86. The van der Waals surface area contributed by atoms with Gasteiger partial charge in [0.1, 0.15) is 6.79 Å². The number of ether oxygens (including phenoxy) is 2. The second-order valence-electron chi connectivity index (χ2n) is 4.64. The second kappa shape index (κ2) is 4.31. The molecule has 2 fully saturated rings. The summed E-state index contributed by atoms with van der Waals surface area (Å²) in [5.74, 6) is 0. The van der Waals surface area contributed by atoms with Crippen LogP contribution in [0.3, 0.4) is 0 Å². The maximum atomic E-state index is 12.4. The number of nitrogens with zero attached hydrogens (tertiary/aromatic N) is 1. The van der Waals surface area contributed by atoms with Gasteiger partial charge in [0.05, 0.1) is 30.2 Å². The fraction of sp³-hybridized carbons (Fsp3) is 0.500. The molecule has 1 aromatic rings. The first-order valence-electron chi connectivity index (χ1n) is 5.86. The zero-order chi connectivity index (χ0) is 12.8. The Bertz CT molecular complexity index is 528. The molecule has 2 heterocycles. The second-order valence-corrected chi connectivity index (χ2v) is 6.49. The van der Waals surface area contributed by atoms with E-state index in [1.54, 1.807) is 24.3 Å². The van der Waals surface area contributed by atoms with Crippen molar-refractivity contribution in [2.75, 3.05) is 20.0 Å². The minimum Gasteiger partial charge on any atom is -0.354 e. The molecule has 0 spiro atoms. The number of hydrogen-bond donors (Lipinski definition) is 0. The van der Waals surface area contributed by atoms with E-state index >= 15 is 0 Å². The van der Waals surface area contributed by atoms with Gasteiger partial charge < -0.3 is 9.47 Å². The molecule has 0 radical (unpaired) electrons. The number of sulfonamides is 1. The minimum atomic E-state index is -3.41. The molecule has 0 aliphatic carbocycles. The number of aryl methyl sites for hydroxylation is 1. The van der Waals surface area contributed by atoms with E-state index in [4.69, 9.17) is 9.47 Å². The summed E-state index contributed by atoms with van der Waals surface area (Å²) in [6.45, 7) is 3.01. The lowest BCUT2D eigenvalue weighted by Gasteiger charge is -2.09. The summed E-state index contributed by atoms with van der Waals surface area (Å²) >= 11 is 0. The maximum absolute atomic E-state index is 12.4. The molecule has 1 unspecified atom stereocenters. The minimum absolute atomic E-state index is 0.0706. The predicted octanol–water partition coefficient (Wildman–Crippen LogP) is 0.741. The number of hydrogen-bond acceptors (Lipinski definition) is 4. The molecule has 6 heteroatoms. The Morgan fingerprint density at radius 3 is 2.22 bits per heavy atom. The van der Waals surface area contributed by atoms with Gasteiger partial charge in [-0.25, -0.2) is 8.42 Å². The molecule has 0 N–H and O–H groups in total. The zero-order valence-corrected chi connectivity index (χ0v) is 10.9. The molecule has 0 aromatic heterocycles. The SMILES string of the molecule is Cc1ccc(S(=O)(=O)N2[C@@H]3COCOC[C@@H]32)cc1. The highest BCUT2D eigenvalue weighted by atomic mass is 32.2. The van der Waals surface area contributed by atoms with E-state index in [0.717, 1.165) is 5.56 Å². The summed E-state index contributed by atoms with van der Waals surface area (Å²) in [7, 11) is -3.41. The van der Waals surface area contributed by atoms with Crippen LogP contribution in [0.2, 0.25) is 0 Å². The van der Waals surface area contributed by atoms with E-state index in [0.29, 0.717) is 18.1 Å². The molecule has 0 amide bonds. The lowest BCUT2D eigenvalue weighted by Crippen LogP contribution is -2.20. The van der Waals surface area contributed by atoms with Gasteiger partial charge in [0.15, 0.2) is 0 Å². The Kier molecular flexibility index (Phi) is 2.90. The molecule has 2 aliphatic rings. The van der Waals surface area contributed by atoms with Crippen LogP contribution in [-0.2, 0) is 19.5 Å². The van der Waals surface area contributed by atoms with Crippen molar-refractivity contribution < 1.29 is 17.9 Å². The Labute approximate surface area is 106 Å². The average Bonchev–Trinajstić information content (AvgIpc) is 3.04. The van der Waals surface area contributed by atoms with Crippen molar-refractivity contribution >= 4 is 10.0 Å². The summed E-state index contributed by atoms with van der Waals surface area (Å²) in [5.41, 5.74) is 1.04. The molecule has 3 atom stereocenters. The molecular weight excluding hydrogens is 254 g/mol. The monoisotopic (exact) mass is 269 g/mol. The van der Waals surface area contributed by atoms with Gasteiger partial charge in [-0.15, -0.1) is 0 Å². The van der Waals surface area contributed by atoms with Crippen molar-refractivity contribution in [3.05, 3.63) is 29.8 Å². The normalized spacial score (nSPS) is 31.5. The predicted molar refractivity (Wildman–Crippen MR) is 64.6 cm³/mol. The molecule has 3 rings (SSSR count). The van der Waals surface area contributed by atoms with Crippen molar-refractivity contribution in [1.82, 2.24) is 4.31 Å². The van der Waals surface area contributed by atoms with Crippen LogP contribution in [0.1, 0.15) is 5.56 Å². The fourth-order valence-electron chi connectivity index (χ4n) is 2.26. The first-order valence-corrected chi connectivity index (χ1v) is 7.30. The molecule has 2 saturated heterocycles. The van der Waals surface area contributed by atoms with Gasteiger partial charge in [0, 0.05) is 0 Å². The van der Waals surface area contributed by atoms with Crippen molar-refractivity contribution in [2.45, 2.75) is 23.9 Å². The average molecular weight is 269 g/mol. The third-order valence-corrected chi connectivity index (χ3v) is 5.31. The summed E-state index contributed by atoms with van der Waals surface area (Å²) in [4.78, 5) is 0.334. The molecule has 18 heavy (non-hydrogen) atoms. The van der Waals surface area contributed by atoms with Crippen LogP contribution in [-0.4, -0.2) is 44.8 Å². The molecular formula is C12H15NO4S. The van der Waals surface area contributed by atoms with Crippen molar-refractivity contribution in [2.24, 2.45) is 0 Å². The van der Waals surface area contributed by atoms with Crippen LogP contribution in [0.4, 0.5) is 0 Å². The summed E-state index contributed by atoms with van der Waals surface area (Å²) < 4.78 is 36.7. The van der Waals surface area contributed by atoms with Gasteiger partial charge in [-0.2, -0.15) is 4.31 Å². The molecule has 5 nitrogen and oxygen atoms in total. The standard InChI is InChI=1S/C12H15NO4S/c1-9-2-4-10(5-3-9)18(14,15)13-11-6-16-8-17-7-12(11)13/h2-5,11-12H,6-8H2,1H3/t11-,12+,13?. The lowest BCUT2D eigenvalue weighted by molar-refractivity contribution is -0.0436. The van der Waals surface area contributed by atoms with E-state index < -0.39 is 10.0 Å². The largest absolute Gasteiger partial charge is 0.354 e. The molecule has 2 aliphatic heterocycles. The first kappa shape index (κ1) is 12.1. The highest BCUT2D eigenvalue weighted by Gasteiger charge is 2.56. The fourth-order valence-corrected chi connectivity index (χ4v) is 4.05. The van der Waals surface area contributed by atoms with Crippen molar-refractivity contribution in [1.29, 1.82) is 0 Å². The molecule has 1 aromatic carbocycles. The highest BCUT2D eigenvalue weighted by Crippen LogP contribution is 2.37. The van der Waals surface area contributed by atoms with Crippen LogP contribution in [0.25, 0.3) is 0 Å². The maximum Gasteiger partial charge on any atom is 0.243 e. The molecule has 0 saturated carbocycles. The lowest BCUT2D eigenvalue weighted by atomic mass is 10.2. The van der Waals surface area contributed by atoms with Gasteiger partial charge in [0.25, 0.3) is 0 Å². The number of rotatable bonds is 2. The summed E-state index contributed by atoms with van der Waals surface area (Å²) in [6, 6.07) is 6.76. The summed E-state index contributed by atoms with van der Waals surface area (Å²) in [5, 5.41) is 0. The third kappa shape index (κ3) is 1.95. The van der Waals surface area contributed by atoms with Gasteiger partial charge in [0.2, 0.25) is 10.0 Å². The van der Waals surface area contributed by atoms with Gasteiger partial charge in [-0.3, -0.25) is 0 Å². The first-order chi connectivity index (χ1) is 8.60. The van der Waals surface area contributed by atoms with E-state index in [2.05, 4.69) is 0 Å². The van der Waals surface area contributed by atoms with Crippen molar-refractivity contribution in [3.8, 4) is 0 Å². The highest BCUT2D eigenvalue weighted by molar-refractivity contribution is 7.89. The van der Waals surface area contributed by atoms with Crippen LogP contribution < -0.4 is 0 Å². The topological polar surface area (TPSA) is 55.6 Å².